The predicted molar refractivity (Wildman–Crippen MR) is 79.4 cm³/mol. The number of ether oxygens (including phenoxy) is 1. The Morgan fingerprint density at radius 3 is 2.53 bits per heavy atom. The van der Waals surface area contributed by atoms with Crippen molar-refractivity contribution in [3.8, 4) is 5.75 Å². The van der Waals surface area contributed by atoms with Gasteiger partial charge in [0.2, 0.25) is 0 Å². The molecular formula is C15H18ClNO2. The molecule has 0 N–H and O–H groups in total. The van der Waals surface area contributed by atoms with E-state index in [1.54, 1.807) is 11.7 Å². The summed E-state index contributed by atoms with van der Waals surface area (Å²) in [5, 5.41) is 0.987. The number of aryl methyl sites for hydroxylation is 1. The van der Waals surface area contributed by atoms with Gasteiger partial charge in [-0.3, -0.25) is 4.79 Å². The van der Waals surface area contributed by atoms with E-state index in [9.17, 15) is 4.79 Å². The lowest BCUT2D eigenvalue weighted by molar-refractivity contribution is 0.415. The maximum atomic E-state index is 12.4. The zero-order chi connectivity index (χ0) is 14.2. The van der Waals surface area contributed by atoms with Crippen molar-refractivity contribution in [3.05, 3.63) is 39.7 Å². The van der Waals surface area contributed by atoms with Gasteiger partial charge < -0.3 is 9.30 Å². The molecule has 2 rings (SSSR count). The minimum atomic E-state index is -0.0420. The smallest absolute Gasteiger partial charge is 0.255 e. The zero-order valence-corrected chi connectivity index (χ0v) is 12.4. The average molecular weight is 280 g/mol. The molecular weight excluding hydrogens is 262 g/mol. The fourth-order valence-electron chi connectivity index (χ4n) is 2.39. The molecule has 0 fully saturated rings. The molecule has 1 heterocycles. The SMILES string of the molecule is COc1cc(C)cc2cc(CCl)c(=O)n(C(C)C)c12. The van der Waals surface area contributed by atoms with Crippen molar-refractivity contribution in [2.45, 2.75) is 32.7 Å². The van der Waals surface area contributed by atoms with Crippen molar-refractivity contribution in [2.75, 3.05) is 7.11 Å². The first-order valence-electron chi connectivity index (χ1n) is 6.28. The number of hydrogen-bond acceptors (Lipinski definition) is 2. The first-order chi connectivity index (χ1) is 8.99. The largest absolute Gasteiger partial charge is 0.495 e. The molecule has 0 amide bonds. The van der Waals surface area contributed by atoms with Crippen LogP contribution in [0, 0.1) is 6.92 Å². The van der Waals surface area contributed by atoms with Gasteiger partial charge >= 0.3 is 0 Å². The number of aromatic nitrogens is 1. The fourth-order valence-corrected chi connectivity index (χ4v) is 2.58. The molecule has 0 aliphatic carbocycles. The Bertz CT molecular complexity index is 674. The number of halogens is 1. The van der Waals surface area contributed by atoms with Gasteiger partial charge in [0.05, 0.1) is 18.5 Å². The zero-order valence-electron chi connectivity index (χ0n) is 11.7. The number of methoxy groups -OCH3 is 1. The Hall–Kier alpha value is -1.48. The van der Waals surface area contributed by atoms with Crippen molar-refractivity contribution in [2.24, 2.45) is 0 Å². The molecule has 3 nitrogen and oxygen atoms in total. The number of hydrogen-bond donors (Lipinski definition) is 0. The van der Waals surface area contributed by atoms with Crippen LogP contribution >= 0.6 is 11.6 Å². The van der Waals surface area contributed by atoms with Crippen LogP contribution < -0.4 is 10.3 Å². The second-order valence-corrected chi connectivity index (χ2v) is 5.24. The number of rotatable bonds is 3. The van der Waals surface area contributed by atoms with E-state index in [1.807, 2.05) is 39.0 Å². The van der Waals surface area contributed by atoms with E-state index in [-0.39, 0.29) is 17.5 Å². The molecule has 1 aromatic heterocycles. The lowest BCUT2D eigenvalue weighted by atomic mass is 10.1. The van der Waals surface area contributed by atoms with Crippen LogP contribution in [0.2, 0.25) is 0 Å². The monoisotopic (exact) mass is 279 g/mol. The Kier molecular flexibility index (Phi) is 3.85. The molecule has 4 heteroatoms. The highest BCUT2D eigenvalue weighted by molar-refractivity contribution is 6.17. The minimum Gasteiger partial charge on any atom is -0.495 e. The van der Waals surface area contributed by atoms with E-state index in [0.717, 1.165) is 22.2 Å². The van der Waals surface area contributed by atoms with Crippen molar-refractivity contribution >= 4 is 22.5 Å². The number of nitrogens with zero attached hydrogens (tertiary/aromatic N) is 1. The third-order valence-corrected chi connectivity index (χ3v) is 3.48. The van der Waals surface area contributed by atoms with E-state index in [0.29, 0.717) is 5.56 Å². The Labute approximate surface area is 117 Å². The van der Waals surface area contributed by atoms with Gasteiger partial charge in [0.1, 0.15) is 5.75 Å². The minimum absolute atomic E-state index is 0.0420. The highest BCUT2D eigenvalue weighted by Gasteiger charge is 2.15. The average Bonchev–Trinajstić information content (AvgIpc) is 2.36. The van der Waals surface area contributed by atoms with Crippen molar-refractivity contribution in [1.82, 2.24) is 4.57 Å². The fraction of sp³-hybridized carbons (Fsp3) is 0.400. The molecule has 0 radical (unpaired) electrons. The predicted octanol–water partition coefficient (Wildman–Crippen LogP) is 3.64. The van der Waals surface area contributed by atoms with Gasteiger partial charge in [0.25, 0.3) is 5.56 Å². The molecule has 102 valence electrons. The van der Waals surface area contributed by atoms with Gasteiger partial charge in [-0.05, 0) is 44.5 Å². The topological polar surface area (TPSA) is 31.2 Å². The van der Waals surface area contributed by atoms with Crippen LogP contribution in [0.1, 0.15) is 31.0 Å². The maximum absolute atomic E-state index is 12.4. The summed E-state index contributed by atoms with van der Waals surface area (Å²) >= 11 is 5.88. The van der Waals surface area contributed by atoms with Crippen LogP contribution in [0.15, 0.2) is 23.0 Å². The lowest BCUT2D eigenvalue weighted by Gasteiger charge is -2.18. The second-order valence-electron chi connectivity index (χ2n) is 4.98. The number of benzene rings is 1. The first kappa shape index (κ1) is 13.9. The molecule has 2 aromatic rings. The van der Waals surface area contributed by atoms with Crippen LogP contribution in [0.25, 0.3) is 10.9 Å². The molecule has 0 saturated carbocycles. The number of alkyl halides is 1. The van der Waals surface area contributed by atoms with Gasteiger partial charge in [-0.1, -0.05) is 0 Å². The van der Waals surface area contributed by atoms with E-state index in [4.69, 9.17) is 16.3 Å². The van der Waals surface area contributed by atoms with E-state index < -0.39 is 0 Å². The summed E-state index contributed by atoms with van der Waals surface area (Å²) < 4.78 is 7.19. The lowest BCUT2D eigenvalue weighted by Crippen LogP contribution is -2.25. The van der Waals surface area contributed by atoms with Gasteiger partial charge in [0, 0.05) is 17.0 Å². The molecule has 19 heavy (non-hydrogen) atoms. The summed E-state index contributed by atoms with van der Waals surface area (Å²) in [4.78, 5) is 12.4. The third-order valence-electron chi connectivity index (χ3n) is 3.19. The normalized spacial score (nSPS) is 11.3. The second kappa shape index (κ2) is 5.25. The number of fused-ring (bicyclic) bond motifs is 1. The Morgan fingerprint density at radius 2 is 2.00 bits per heavy atom. The number of pyridine rings is 1. The van der Waals surface area contributed by atoms with Crippen LogP contribution in [0.5, 0.6) is 5.75 Å². The summed E-state index contributed by atoms with van der Waals surface area (Å²) in [5.41, 5.74) is 2.51. The first-order valence-corrected chi connectivity index (χ1v) is 6.81. The summed E-state index contributed by atoms with van der Waals surface area (Å²) in [6.45, 7) is 5.98. The Balaban J connectivity index is 3.00. The third kappa shape index (κ3) is 2.35. The highest BCUT2D eigenvalue weighted by Crippen LogP contribution is 2.29. The van der Waals surface area contributed by atoms with E-state index in [1.165, 1.54) is 0 Å². The van der Waals surface area contributed by atoms with Crippen LogP contribution in [-0.2, 0) is 5.88 Å². The van der Waals surface area contributed by atoms with Crippen molar-refractivity contribution in [3.63, 3.8) is 0 Å². The van der Waals surface area contributed by atoms with Gasteiger partial charge in [-0.15, -0.1) is 11.6 Å². The summed E-state index contributed by atoms with van der Waals surface area (Å²) in [7, 11) is 1.62. The molecule has 0 aliphatic heterocycles. The molecule has 0 bridgehead atoms. The van der Waals surface area contributed by atoms with E-state index >= 15 is 0 Å². The molecule has 0 atom stereocenters. The van der Waals surface area contributed by atoms with Crippen LogP contribution in [-0.4, -0.2) is 11.7 Å². The van der Waals surface area contributed by atoms with E-state index in [2.05, 4.69) is 0 Å². The molecule has 0 unspecified atom stereocenters. The van der Waals surface area contributed by atoms with Crippen LogP contribution in [0.3, 0.4) is 0 Å². The quantitative estimate of drug-likeness (QED) is 0.803. The van der Waals surface area contributed by atoms with Gasteiger partial charge in [-0.2, -0.15) is 0 Å². The van der Waals surface area contributed by atoms with Gasteiger partial charge in [-0.25, -0.2) is 0 Å². The van der Waals surface area contributed by atoms with Crippen LogP contribution in [0.4, 0.5) is 0 Å². The summed E-state index contributed by atoms with van der Waals surface area (Å²) in [5.74, 6) is 0.944. The molecule has 0 spiro atoms. The maximum Gasteiger partial charge on any atom is 0.255 e. The van der Waals surface area contributed by atoms with Crippen molar-refractivity contribution < 1.29 is 4.74 Å². The summed E-state index contributed by atoms with van der Waals surface area (Å²) in [6, 6.07) is 5.90. The molecule has 0 aliphatic rings. The summed E-state index contributed by atoms with van der Waals surface area (Å²) in [6.07, 6.45) is 0. The standard InChI is InChI=1S/C15H18ClNO2/c1-9(2)17-14-11(7-12(8-16)15(17)18)5-10(3)6-13(14)19-4/h5-7,9H,8H2,1-4H3. The Morgan fingerprint density at radius 1 is 1.32 bits per heavy atom. The highest BCUT2D eigenvalue weighted by atomic mass is 35.5. The van der Waals surface area contributed by atoms with Gasteiger partial charge in [0.15, 0.2) is 0 Å². The van der Waals surface area contributed by atoms with Crippen molar-refractivity contribution in [1.29, 1.82) is 0 Å². The molecule has 0 saturated heterocycles. The molecule has 1 aromatic carbocycles.